The number of halogens is 1. The van der Waals surface area contributed by atoms with Crippen molar-refractivity contribution in [3.8, 4) is 11.5 Å². The van der Waals surface area contributed by atoms with Crippen LogP contribution in [0, 0.1) is 5.41 Å². The molecule has 0 spiro atoms. The quantitative estimate of drug-likeness (QED) is 0.862. The first-order valence-electron chi connectivity index (χ1n) is 5.89. The molecule has 104 valence electrons. The third-order valence-electron chi connectivity index (χ3n) is 3.35. The van der Waals surface area contributed by atoms with Gasteiger partial charge in [-0.05, 0) is 17.7 Å². The molecule has 0 aromatic heterocycles. The lowest BCUT2D eigenvalue weighted by molar-refractivity contribution is 0.0387. The minimum absolute atomic E-state index is 0. The van der Waals surface area contributed by atoms with Crippen molar-refractivity contribution < 1.29 is 19.0 Å². The first-order valence-corrected chi connectivity index (χ1v) is 5.89. The number of alkyl carbamates (subject to hydrolysis) is 1. The second-order valence-corrected chi connectivity index (χ2v) is 5.25. The summed E-state index contributed by atoms with van der Waals surface area (Å²) in [6.07, 6.45) is -0.378. The molecule has 3 rings (SSSR count). The number of rotatable bonds is 1. The van der Waals surface area contributed by atoms with Crippen molar-refractivity contribution >= 4 is 18.5 Å². The third-order valence-corrected chi connectivity index (χ3v) is 3.35. The standard InChI is InChI=1S/C13H15NO4.ClH/c1-13(2)6-16-12(15)14-11(13)8-3-4-9-10(5-8)18-7-17-9;/h3-5,11H,6-7H2,1-2H3,(H,14,15);1H/t11-;/m1./s1. The van der Waals surface area contributed by atoms with Crippen molar-refractivity contribution in [3.63, 3.8) is 0 Å². The molecular weight excluding hydrogens is 270 g/mol. The molecule has 1 N–H and O–H groups in total. The Kier molecular flexibility index (Phi) is 3.49. The number of ether oxygens (including phenoxy) is 3. The first-order chi connectivity index (χ1) is 8.56. The highest BCUT2D eigenvalue weighted by Crippen LogP contribution is 2.40. The van der Waals surface area contributed by atoms with Crippen LogP contribution in [-0.2, 0) is 4.74 Å². The van der Waals surface area contributed by atoms with Crippen LogP contribution in [0.4, 0.5) is 4.79 Å². The van der Waals surface area contributed by atoms with Gasteiger partial charge in [0.15, 0.2) is 11.5 Å². The number of carbonyl (C=O) groups excluding carboxylic acids is 1. The summed E-state index contributed by atoms with van der Waals surface area (Å²) < 4.78 is 15.7. The van der Waals surface area contributed by atoms with Gasteiger partial charge < -0.3 is 19.5 Å². The predicted molar refractivity (Wildman–Crippen MR) is 70.8 cm³/mol. The molecule has 6 heteroatoms. The van der Waals surface area contributed by atoms with Crippen LogP contribution in [0.15, 0.2) is 18.2 Å². The zero-order valence-corrected chi connectivity index (χ0v) is 11.6. The number of cyclic esters (lactones) is 1. The molecule has 1 saturated heterocycles. The normalized spacial score (nSPS) is 23.1. The highest BCUT2D eigenvalue weighted by molar-refractivity contribution is 5.85. The smallest absolute Gasteiger partial charge is 0.407 e. The summed E-state index contributed by atoms with van der Waals surface area (Å²) in [6, 6.07) is 5.65. The number of hydrogen-bond donors (Lipinski definition) is 1. The third kappa shape index (κ3) is 2.42. The second kappa shape index (κ2) is 4.81. The van der Waals surface area contributed by atoms with E-state index in [0.29, 0.717) is 6.61 Å². The zero-order chi connectivity index (χ0) is 12.8. The summed E-state index contributed by atoms with van der Waals surface area (Å²) in [6.45, 7) is 4.77. The van der Waals surface area contributed by atoms with E-state index in [1.54, 1.807) is 0 Å². The highest BCUT2D eigenvalue weighted by Gasteiger charge is 2.38. The van der Waals surface area contributed by atoms with Crippen LogP contribution in [-0.4, -0.2) is 19.5 Å². The summed E-state index contributed by atoms with van der Waals surface area (Å²) in [4.78, 5) is 11.4. The van der Waals surface area contributed by atoms with Crippen molar-refractivity contribution in [2.75, 3.05) is 13.4 Å². The summed E-state index contributed by atoms with van der Waals surface area (Å²) in [5.74, 6) is 1.47. The van der Waals surface area contributed by atoms with E-state index in [2.05, 4.69) is 19.2 Å². The van der Waals surface area contributed by atoms with Gasteiger partial charge in [0.25, 0.3) is 0 Å². The van der Waals surface area contributed by atoms with E-state index >= 15 is 0 Å². The van der Waals surface area contributed by atoms with Crippen LogP contribution in [0.1, 0.15) is 25.5 Å². The first kappa shape index (κ1) is 13.8. The maximum absolute atomic E-state index is 11.4. The monoisotopic (exact) mass is 285 g/mol. The number of amides is 1. The number of benzene rings is 1. The van der Waals surface area contributed by atoms with E-state index < -0.39 is 0 Å². The van der Waals surface area contributed by atoms with Gasteiger partial charge in [-0.25, -0.2) is 4.79 Å². The fourth-order valence-electron chi connectivity index (χ4n) is 2.32. The fourth-order valence-corrected chi connectivity index (χ4v) is 2.32. The van der Waals surface area contributed by atoms with Crippen LogP contribution in [0.5, 0.6) is 11.5 Å². The van der Waals surface area contributed by atoms with Crippen LogP contribution in [0.2, 0.25) is 0 Å². The summed E-state index contributed by atoms with van der Waals surface area (Å²) >= 11 is 0. The Labute approximate surface area is 117 Å². The average molecular weight is 286 g/mol. The van der Waals surface area contributed by atoms with Crippen LogP contribution in [0.25, 0.3) is 0 Å². The van der Waals surface area contributed by atoms with Gasteiger partial charge in [-0.15, -0.1) is 12.4 Å². The van der Waals surface area contributed by atoms with E-state index in [1.165, 1.54) is 0 Å². The molecule has 5 nitrogen and oxygen atoms in total. The van der Waals surface area contributed by atoms with Crippen LogP contribution in [0.3, 0.4) is 0 Å². The molecule has 0 radical (unpaired) electrons. The Morgan fingerprint density at radius 1 is 1.21 bits per heavy atom. The van der Waals surface area contributed by atoms with Gasteiger partial charge in [0.05, 0.1) is 6.04 Å². The number of hydrogen-bond acceptors (Lipinski definition) is 4. The average Bonchev–Trinajstić information content (AvgIpc) is 2.79. The number of carbonyl (C=O) groups is 1. The topological polar surface area (TPSA) is 56.8 Å². The Hall–Kier alpha value is -1.62. The Morgan fingerprint density at radius 2 is 1.95 bits per heavy atom. The SMILES string of the molecule is CC1(C)COC(=O)N[C@@H]1c1ccc2c(c1)OCO2.Cl. The highest BCUT2D eigenvalue weighted by atomic mass is 35.5. The molecule has 0 bridgehead atoms. The number of fused-ring (bicyclic) bond motifs is 1. The lowest BCUT2D eigenvalue weighted by Gasteiger charge is -2.38. The van der Waals surface area contributed by atoms with Gasteiger partial charge in [0, 0.05) is 5.41 Å². The molecule has 19 heavy (non-hydrogen) atoms. The Morgan fingerprint density at radius 3 is 2.74 bits per heavy atom. The lowest BCUT2D eigenvalue weighted by atomic mass is 9.80. The minimum atomic E-state index is -0.378. The largest absolute Gasteiger partial charge is 0.454 e. The molecule has 1 fully saturated rings. The van der Waals surface area contributed by atoms with Gasteiger partial charge in [0.1, 0.15) is 6.61 Å². The Bertz CT molecular complexity index is 503. The van der Waals surface area contributed by atoms with E-state index in [9.17, 15) is 4.79 Å². The van der Waals surface area contributed by atoms with Crippen LogP contribution >= 0.6 is 12.4 Å². The minimum Gasteiger partial charge on any atom is -0.454 e. The van der Waals surface area contributed by atoms with Crippen molar-refractivity contribution in [3.05, 3.63) is 23.8 Å². The lowest BCUT2D eigenvalue weighted by Crippen LogP contribution is -2.46. The Balaban J connectivity index is 0.00000133. The van der Waals surface area contributed by atoms with Gasteiger partial charge in [-0.2, -0.15) is 0 Å². The van der Waals surface area contributed by atoms with E-state index in [4.69, 9.17) is 14.2 Å². The molecule has 0 saturated carbocycles. The van der Waals surface area contributed by atoms with Crippen molar-refractivity contribution in [2.45, 2.75) is 19.9 Å². The molecule has 0 unspecified atom stereocenters. The summed E-state index contributed by atoms with van der Waals surface area (Å²) in [7, 11) is 0. The molecule has 0 aliphatic carbocycles. The molecular formula is C13H16ClNO4. The molecule has 2 aliphatic heterocycles. The fraction of sp³-hybridized carbons (Fsp3) is 0.462. The summed E-state index contributed by atoms with van der Waals surface area (Å²) in [5.41, 5.74) is 0.836. The van der Waals surface area contributed by atoms with Gasteiger partial charge in [0.2, 0.25) is 6.79 Å². The summed E-state index contributed by atoms with van der Waals surface area (Å²) in [5, 5.41) is 2.86. The molecule has 1 aromatic rings. The van der Waals surface area contributed by atoms with Gasteiger partial charge in [-0.1, -0.05) is 19.9 Å². The van der Waals surface area contributed by atoms with Gasteiger partial charge >= 0.3 is 6.09 Å². The second-order valence-electron chi connectivity index (χ2n) is 5.25. The molecule has 2 aliphatic rings. The number of nitrogens with one attached hydrogen (secondary N) is 1. The van der Waals surface area contributed by atoms with Crippen molar-refractivity contribution in [1.29, 1.82) is 0 Å². The molecule has 1 aromatic carbocycles. The van der Waals surface area contributed by atoms with Crippen molar-refractivity contribution in [1.82, 2.24) is 5.32 Å². The van der Waals surface area contributed by atoms with E-state index in [-0.39, 0.29) is 36.8 Å². The van der Waals surface area contributed by atoms with E-state index in [1.807, 2.05) is 18.2 Å². The van der Waals surface area contributed by atoms with Gasteiger partial charge in [-0.3, -0.25) is 0 Å². The zero-order valence-electron chi connectivity index (χ0n) is 10.8. The maximum atomic E-state index is 11.4. The van der Waals surface area contributed by atoms with E-state index in [0.717, 1.165) is 17.1 Å². The molecule has 1 atom stereocenters. The molecule has 2 heterocycles. The predicted octanol–water partition coefficient (Wildman–Crippen LogP) is 2.64. The molecule has 1 amide bonds. The maximum Gasteiger partial charge on any atom is 0.407 e. The van der Waals surface area contributed by atoms with Crippen LogP contribution < -0.4 is 14.8 Å². The van der Waals surface area contributed by atoms with Crippen molar-refractivity contribution in [2.24, 2.45) is 5.41 Å².